The summed E-state index contributed by atoms with van der Waals surface area (Å²) in [6.07, 6.45) is 7.27. The molecule has 0 aromatic carbocycles. The number of pyridine rings is 1. The summed E-state index contributed by atoms with van der Waals surface area (Å²) in [5, 5.41) is 0. The number of likely N-dealkylation sites (N-methyl/N-ethyl adjacent to an activating group) is 1. The van der Waals surface area contributed by atoms with Crippen LogP contribution in [-0.2, 0) is 6.42 Å². The van der Waals surface area contributed by atoms with E-state index in [0.717, 1.165) is 25.1 Å². The van der Waals surface area contributed by atoms with Crippen molar-refractivity contribution in [3.8, 4) is 0 Å². The van der Waals surface area contributed by atoms with Crippen molar-refractivity contribution in [3.05, 3.63) is 54.2 Å². The lowest BCUT2D eigenvalue weighted by Gasteiger charge is -2.30. The fraction of sp³-hybridized carbons (Fsp3) is 0.438. The molecule has 0 radical (unpaired) electrons. The Labute approximate surface area is 120 Å². The fourth-order valence-corrected chi connectivity index (χ4v) is 2.43. The third-order valence-electron chi connectivity index (χ3n) is 3.69. The zero-order chi connectivity index (χ0) is 14.4. The Balaban J connectivity index is 2.02. The van der Waals surface area contributed by atoms with E-state index in [1.54, 1.807) is 6.26 Å². The van der Waals surface area contributed by atoms with Gasteiger partial charge in [0.1, 0.15) is 5.76 Å². The van der Waals surface area contributed by atoms with Gasteiger partial charge in [0.2, 0.25) is 0 Å². The third kappa shape index (κ3) is 3.68. The van der Waals surface area contributed by atoms with Crippen LogP contribution in [0.4, 0.5) is 0 Å². The molecule has 108 valence electrons. The van der Waals surface area contributed by atoms with E-state index >= 15 is 0 Å². The van der Waals surface area contributed by atoms with Crippen LogP contribution in [0.15, 0.2) is 47.3 Å². The first-order valence-electron chi connectivity index (χ1n) is 7.10. The second-order valence-electron chi connectivity index (χ2n) is 5.12. The molecule has 2 aromatic rings. The predicted molar refractivity (Wildman–Crippen MR) is 80.3 cm³/mol. The molecule has 0 aliphatic heterocycles. The van der Waals surface area contributed by atoms with Gasteiger partial charge in [-0.25, -0.2) is 0 Å². The number of rotatable bonds is 7. The van der Waals surface area contributed by atoms with Crippen LogP contribution in [0, 0.1) is 0 Å². The molecule has 2 aromatic heterocycles. The molecule has 2 N–H and O–H groups in total. The normalized spacial score (nSPS) is 14.4. The standard InChI is InChI=1S/C16H23N3O/c1-3-14(17)16(15-5-4-12-20-15)19(2)11-8-13-6-9-18-10-7-13/h4-7,9-10,12,14,16H,3,8,11,17H2,1-2H3. The van der Waals surface area contributed by atoms with Crippen molar-refractivity contribution < 1.29 is 4.42 Å². The number of nitrogens with two attached hydrogens (primary N) is 1. The molecule has 0 saturated carbocycles. The molecule has 2 atom stereocenters. The zero-order valence-corrected chi connectivity index (χ0v) is 12.2. The van der Waals surface area contributed by atoms with E-state index in [1.165, 1.54) is 5.56 Å². The summed E-state index contributed by atoms with van der Waals surface area (Å²) in [6.45, 7) is 3.04. The van der Waals surface area contributed by atoms with Gasteiger partial charge in [-0.2, -0.15) is 0 Å². The van der Waals surface area contributed by atoms with E-state index in [2.05, 4.69) is 36.0 Å². The van der Waals surface area contributed by atoms with Crippen molar-refractivity contribution in [2.45, 2.75) is 31.8 Å². The second-order valence-corrected chi connectivity index (χ2v) is 5.12. The summed E-state index contributed by atoms with van der Waals surface area (Å²) >= 11 is 0. The van der Waals surface area contributed by atoms with Crippen molar-refractivity contribution in [2.24, 2.45) is 5.73 Å². The van der Waals surface area contributed by atoms with Crippen molar-refractivity contribution in [1.29, 1.82) is 0 Å². The highest BCUT2D eigenvalue weighted by Gasteiger charge is 2.25. The quantitative estimate of drug-likeness (QED) is 0.842. The lowest BCUT2D eigenvalue weighted by Crippen LogP contribution is -2.39. The predicted octanol–water partition coefficient (Wildman–Crippen LogP) is 2.63. The number of furan rings is 1. The highest BCUT2D eigenvalue weighted by atomic mass is 16.3. The first-order valence-corrected chi connectivity index (χ1v) is 7.10. The molecule has 0 aliphatic carbocycles. The minimum Gasteiger partial charge on any atom is -0.468 e. The smallest absolute Gasteiger partial charge is 0.122 e. The van der Waals surface area contributed by atoms with E-state index in [9.17, 15) is 0 Å². The summed E-state index contributed by atoms with van der Waals surface area (Å²) in [4.78, 5) is 6.31. The van der Waals surface area contributed by atoms with Crippen LogP contribution in [0.1, 0.15) is 30.7 Å². The maximum atomic E-state index is 6.27. The van der Waals surface area contributed by atoms with Crippen LogP contribution in [0.25, 0.3) is 0 Å². The Morgan fingerprint density at radius 3 is 2.65 bits per heavy atom. The topological polar surface area (TPSA) is 55.3 Å². The largest absolute Gasteiger partial charge is 0.468 e. The summed E-state index contributed by atoms with van der Waals surface area (Å²) in [5.41, 5.74) is 7.55. The lowest BCUT2D eigenvalue weighted by atomic mass is 10.0. The van der Waals surface area contributed by atoms with Crippen molar-refractivity contribution in [3.63, 3.8) is 0 Å². The number of hydrogen-bond donors (Lipinski definition) is 1. The molecular weight excluding hydrogens is 250 g/mol. The molecule has 2 rings (SSSR count). The van der Waals surface area contributed by atoms with E-state index in [-0.39, 0.29) is 12.1 Å². The van der Waals surface area contributed by atoms with Crippen LogP contribution in [0.3, 0.4) is 0 Å². The van der Waals surface area contributed by atoms with E-state index in [0.29, 0.717) is 0 Å². The summed E-state index contributed by atoms with van der Waals surface area (Å²) in [5.74, 6) is 0.941. The number of nitrogens with zero attached hydrogens (tertiary/aromatic N) is 2. The fourth-order valence-electron chi connectivity index (χ4n) is 2.43. The average Bonchev–Trinajstić information content (AvgIpc) is 3.00. The molecule has 0 saturated heterocycles. The van der Waals surface area contributed by atoms with Gasteiger partial charge in [0.15, 0.2) is 0 Å². The highest BCUT2D eigenvalue weighted by molar-refractivity contribution is 5.11. The van der Waals surface area contributed by atoms with E-state index < -0.39 is 0 Å². The summed E-state index contributed by atoms with van der Waals surface area (Å²) < 4.78 is 5.56. The molecule has 2 unspecified atom stereocenters. The van der Waals surface area contributed by atoms with Crippen LogP contribution >= 0.6 is 0 Å². The third-order valence-corrected chi connectivity index (χ3v) is 3.69. The van der Waals surface area contributed by atoms with Crippen LogP contribution in [0.2, 0.25) is 0 Å². The Hall–Kier alpha value is -1.65. The molecule has 20 heavy (non-hydrogen) atoms. The zero-order valence-electron chi connectivity index (χ0n) is 12.2. The van der Waals surface area contributed by atoms with Crippen molar-refractivity contribution >= 4 is 0 Å². The lowest BCUT2D eigenvalue weighted by molar-refractivity contribution is 0.185. The van der Waals surface area contributed by atoms with E-state index in [4.69, 9.17) is 10.2 Å². The summed E-state index contributed by atoms with van der Waals surface area (Å²) in [7, 11) is 2.10. The van der Waals surface area contributed by atoms with Gasteiger partial charge in [0.05, 0.1) is 12.3 Å². The SMILES string of the molecule is CCC(N)C(c1ccco1)N(C)CCc1ccncc1. The maximum absolute atomic E-state index is 6.27. The molecule has 0 aliphatic rings. The Morgan fingerprint density at radius 2 is 2.05 bits per heavy atom. The average molecular weight is 273 g/mol. The number of hydrogen-bond acceptors (Lipinski definition) is 4. The molecule has 0 fully saturated rings. The van der Waals surface area contributed by atoms with Gasteiger partial charge in [-0.3, -0.25) is 9.88 Å². The minimum atomic E-state index is 0.0728. The van der Waals surface area contributed by atoms with Gasteiger partial charge >= 0.3 is 0 Å². The van der Waals surface area contributed by atoms with Crippen molar-refractivity contribution in [2.75, 3.05) is 13.6 Å². The molecular formula is C16H23N3O. The van der Waals surface area contributed by atoms with Gasteiger partial charge in [-0.05, 0) is 49.7 Å². The summed E-state index contributed by atoms with van der Waals surface area (Å²) in [6, 6.07) is 8.22. The van der Waals surface area contributed by atoms with Gasteiger partial charge in [0.25, 0.3) is 0 Å². The molecule has 2 heterocycles. The second kappa shape index (κ2) is 7.22. The van der Waals surface area contributed by atoms with Gasteiger partial charge < -0.3 is 10.2 Å². The first kappa shape index (κ1) is 14.8. The highest BCUT2D eigenvalue weighted by Crippen LogP contribution is 2.24. The van der Waals surface area contributed by atoms with Gasteiger partial charge in [0, 0.05) is 25.0 Å². The van der Waals surface area contributed by atoms with Crippen LogP contribution in [-0.4, -0.2) is 29.5 Å². The Kier molecular flexibility index (Phi) is 5.32. The molecule has 0 bridgehead atoms. The van der Waals surface area contributed by atoms with E-state index in [1.807, 2.05) is 24.5 Å². The first-order chi connectivity index (χ1) is 9.72. The number of aromatic nitrogens is 1. The maximum Gasteiger partial charge on any atom is 0.122 e. The molecule has 4 heteroatoms. The van der Waals surface area contributed by atoms with Crippen LogP contribution in [0.5, 0.6) is 0 Å². The molecule has 0 amide bonds. The minimum absolute atomic E-state index is 0.0728. The van der Waals surface area contributed by atoms with Gasteiger partial charge in [-0.1, -0.05) is 6.92 Å². The van der Waals surface area contributed by atoms with Crippen molar-refractivity contribution in [1.82, 2.24) is 9.88 Å². The van der Waals surface area contributed by atoms with Crippen LogP contribution < -0.4 is 5.73 Å². The molecule has 0 spiro atoms. The Morgan fingerprint density at radius 1 is 1.30 bits per heavy atom. The van der Waals surface area contributed by atoms with Gasteiger partial charge in [-0.15, -0.1) is 0 Å². The Bertz CT molecular complexity index is 484. The monoisotopic (exact) mass is 273 g/mol. The molecule has 4 nitrogen and oxygen atoms in total.